The van der Waals surface area contributed by atoms with Crippen molar-refractivity contribution in [2.75, 3.05) is 19.6 Å². The number of hydrogen-bond donors (Lipinski definition) is 0. The van der Waals surface area contributed by atoms with Gasteiger partial charge in [-0.2, -0.15) is 0 Å². The number of nitrogens with zero attached hydrogens (tertiary/aromatic N) is 2. The molecule has 1 saturated heterocycles. The largest absolute Gasteiger partial charge is 0.335 e. The number of likely N-dealkylation sites (tertiary alicyclic amines) is 1. The van der Waals surface area contributed by atoms with Crippen LogP contribution < -0.4 is 0 Å². The average Bonchev–Trinajstić information content (AvgIpc) is 3.30. The number of hydrogen-bond acceptors (Lipinski definition) is 2. The molecule has 3 nitrogen and oxygen atoms in total. The highest BCUT2D eigenvalue weighted by Gasteiger charge is 2.26. The molecular weight excluding hydrogens is 416 g/mol. The van der Waals surface area contributed by atoms with Crippen LogP contribution in [0.25, 0.3) is 10.9 Å². The molecule has 174 valence electrons. The van der Waals surface area contributed by atoms with Gasteiger partial charge in [0, 0.05) is 42.4 Å². The lowest BCUT2D eigenvalue weighted by atomic mass is 9.88. The predicted octanol–water partition coefficient (Wildman–Crippen LogP) is 7.09. The molecule has 3 aromatic carbocycles. The standard InChI is InChI=1S/C31H34N2O/c1-2-31(34)30-23-26-15-9-10-16-29(26)33(30)27-17-20-32(21-18-27)22-19-28(24-11-5-3-6-12-24)25-13-7-4-8-14-25/h3-16,23,27-28H,2,17-22H2,1H3. The second kappa shape index (κ2) is 10.4. The first-order chi connectivity index (χ1) is 16.7. The number of Topliss-reactive ketones (excluding diaryl/α,β-unsaturated/α-hetero) is 1. The minimum absolute atomic E-state index is 0.243. The fourth-order valence-electron chi connectivity index (χ4n) is 5.57. The Morgan fingerprint density at radius 2 is 1.44 bits per heavy atom. The monoisotopic (exact) mass is 450 g/mol. The van der Waals surface area contributed by atoms with Crippen LogP contribution in [0.1, 0.15) is 66.2 Å². The topological polar surface area (TPSA) is 25.2 Å². The summed E-state index contributed by atoms with van der Waals surface area (Å²) in [5, 5.41) is 1.18. The van der Waals surface area contributed by atoms with Crippen molar-refractivity contribution in [2.24, 2.45) is 0 Å². The number of aromatic nitrogens is 1. The van der Waals surface area contributed by atoms with E-state index in [9.17, 15) is 4.79 Å². The number of benzene rings is 3. The fraction of sp³-hybridized carbons (Fsp3) is 0.323. The molecule has 0 saturated carbocycles. The van der Waals surface area contributed by atoms with E-state index in [0.717, 1.165) is 44.6 Å². The van der Waals surface area contributed by atoms with Crippen molar-refractivity contribution in [2.45, 2.75) is 44.6 Å². The van der Waals surface area contributed by atoms with Crippen molar-refractivity contribution in [3.05, 3.63) is 108 Å². The first kappa shape index (κ1) is 22.6. The number of piperidine rings is 1. The summed E-state index contributed by atoms with van der Waals surface area (Å²) in [7, 11) is 0. The van der Waals surface area contributed by atoms with Crippen LogP contribution in [-0.2, 0) is 0 Å². The van der Waals surface area contributed by atoms with E-state index in [2.05, 4.69) is 100 Å². The van der Waals surface area contributed by atoms with Gasteiger partial charge in [0.25, 0.3) is 0 Å². The third-order valence-corrected chi connectivity index (χ3v) is 7.41. The maximum Gasteiger partial charge on any atom is 0.178 e. The van der Waals surface area contributed by atoms with E-state index in [1.54, 1.807) is 0 Å². The van der Waals surface area contributed by atoms with E-state index in [4.69, 9.17) is 0 Å². The molecule has 2 heterocycles. The van der Waals surface area contributed by atoms with E-state index < -0.39 is 0 Å². The summed E-state index contributed by atoms with van der Waals surface area (Å²) in [4.78, 5) is 15.3. The highest BCUT2D eigenvalue weighted by atomic mass is 16.1. The highest BCUT2D eigenvalue weighted by molar-refractivity contribution is 6.00. The van der Waals surface area contributed by atoms with Gasteiger partial charge in [-0.3, -0.25) is 4.79 Å². The number of rotatable bonds is 8. The summed E-state index contributed by atoms with van der Waals surface area (Å²) in [5.41, 5.74) is 4.87. The van der Waals surface area contributed by atoms with Gasteiger partial charge in [-0.05, 0) is 49.1 Å². The zero-order valence-corrected chi connectivity index (χ0v) is 20.1. The molecule has 1 aromatic heterocycles. The first-order valence-electron chi connectivity index (χ1n) is 12.7. The maximum absolute atomic E-state index is 12.7. The molecule has 0 unspecified atom stereocenters. The van der Waals surface area contributed by atoms with Crippen molar-refractivity contribution in [3.63, 3.8) is 0 Å². The Morgan fingerprint density at radius 1 is 0.853 bits per heavy atom. The summed E-state index contributed by atoms with van der Waals surface area (Å²) >= 11 is 0. The molecule has 5 rings (SSSR count). The molecule has 3 heteroatoms. The Bertz CT molecular complexity index is 1180. The van der Waals surface area contributed by atoms with Crippen LogP contribution in [0.4, 0.5) is 0 Å². The van der Waals surface area contributed by atoms with Gasteiger partial charge in [0.2, 0.25) is 0 Å². The van der Waals surface area contributed by atoms with Crippen molar-refractivity contribution in [1.29, 1.82) is 0 Å². The number of carbonyl (C=O) groups excluding carboxylic acids is 1. The molecule has 0 spiro atoms. The number of carbonyl (C=O) groups is 1. The molecular formula is C31H34N2O. The molecule has 0 amide bonds. The Kier molecular flexibility index (Phi) is 6.92. The quantitative estimate of drug-likeness (QED) is 0.268. The van der Waals surface area contributed by atoms with Crippen molar-refractivity contribution < 1.29 is 4.79 Å². The molecule has 1 fully saturated rings. The summed E-state index contributed by atoms with van der Waals surface area (Å²) in [6.45, 7) is 5.21. The second-order valence-electron chi connectivity index (χ2n) is 9.47. The van der Waals surface area contributed by atoms with Crippen LogP contribution in [0.15, 0.2) is 91.0 Å². The number of ketones is 1. The van der Waals surface area contributed by atoms with Crippen molar-refractivity contribution in [3.8, 4) is 0 Å². The van der Waals surface area contributed by atoms with Gasteiger partial charge >= 0.3 is 0 Å². The minimum Gasteiger partial charge on any atom is -0.335 e. The normalized spacial score (nSPS) is 15.2. The summed E-state index contributed by atoms with van der Waals surface area (Å²) < 4.78 is 2.34. The number of para-hydroxylation sites is 1. The molecule has 0 atom stereocenters. The molecule has 1 aliphatic rings. The molecule has 1 aliphatic heterocycles. The van der Waals surface area contributed by atoms with Gasteiger partial charge in [0.15, 0.2) is 5.78 Å². The van der Waals surface area contributed by atoms with Gasteiger partial charge in [-0.1, -0.05) is 85.8 Å². The van der Waals surface area contributed by atoms with Crippen LogP contribution in [0, 0.1) is 0 Å². The van der Waals surface area contributed by atoms with Crippen LogP contribution in [0.2, 0.25) is 0 Å². The maximum atomic E-state index is 12.7. The van der Waals surface area contributed by atoms with Crippen molar-refractivity contribution >= 4 is 16.7 Å². The van der Waals surface area contributed by atoms with Gasteiger partial charge in [0.05, 0.1) is 5.69 Å². The third-order valence-electron chi connectivity index (χ3n) is 7.41. The van der Waals surface area contributed by atoms with Gasteiger partial charge in [-0.15, -0.1) is 0 Å². The van der Waals surface area contributed by atoms with E-state index in [1.807, 2.05) is 6.92 Å². The Morgan fingerprint density at radius 3 is 2.06 bits per heavy atom. The zero-order valence-electron chi connectivity index (χ0n) is 20.1. The Hall–Kier alpha value is -3.17. The lowest BCUT2D eigenvalue weighted by Crippen LogP contribution is -2.36. The van der Waals surface area contributed by atoms with E-state index >= 15 is 0 Å². The minimum atomic E-state index is 0.243. The zero-order chi connectivity index (χ0) is 23.3. The first-order valence-corrected chi connectivity index (χ1v) is 12.7. The van der Waals surface area contributed by atoms with Crippen molar-refractivity contribution in [1.82, 2.24) is 9.47 Å². The molecule has 34 heavy (non-hydrogen) atoms. The van der Waals surface area contributed by atoms with E-state index in [-0.39, 0.29) is 5.78 Å². The van der Waals surface area contributed by atoms with Crippen LogP contribution >= 0.6 is 0 Å². The molecule has 0 bridgehead atoms. The summed E-state index contributed by atoms with van der Waals surface area (Å²) in [6.07, 6.45) is 3.84. The second-order valence-corrected chi connectivity index (χ2v) is 9.47. The average molecular weight is 451 g/mol. The molecule has 0 N–H and O–H groups in total. The van der Waals surface area contributed by atoms with Gasteiger partial charge in [0.1, 0.15) is 0 Å². The smallest absolute Gasteiger partial charge is 0.178 e. The predicted molar refractivity (Wildman–Crippen MR) is 141 cm³/mol. The Balaban J connectivity index is 1.28. The van der Waals surface area contributed by atoms with Crippen LogP contribution in [-0.4, -0.2) is 34.9 Å². The van der Waals surface area contributed by atoms with Gasteiger partial charge in [-0.25, -0.2) is 0 Å². The lowest BCUT2D eigenvalue weighted by molar-refractivity contribution is 0.0973. The van der Waals surface area contributed by atoms with Gasteiger partial charge < -0.3 is 9.47 Å². The summed E-state index contributed by atoms with van der Waals surface area (Å²) in [6, 6.07) is 32.7. The number of fused-ring (bicyclic) bond motifs is 1. The SMILES string of the molecule is CCC(=O)c1cc2ccccc2n1C1CCN(CCC(c2ccccc2)c2ccccc2)CC1. The van der Waals surface area contributed by atoms with Crippen LogP contribution in [0.5, 0.6) is 0 Å². The molecule has 4 aromatic rings. The third kappa shape index (κ3) is 4.71. The fourth-order valence-corrected chi connectivity index (χ4v) is 5.57. The van der Waals surface area contributed by atoms with Crippen LogP contribution in [0.3, 0.4) is 0 Å². The Labute approximate surface area is 203 Å². The van der Waals surface area contributed by atoms with E-state index in [1.165, 1.54) is 22.0 Å². The molecule has 0 aliphatic carbocycles. The van der Waals surface area contributed by atoms with E-state index in [0.29, 0.717) is 18.4 Å². The highest BCUT2D eigenvalue weighted by Crippen LogP contribution is 2.33. The summed E-state index contributed by atoms with van der Waals surface area (Å²) in [5.74, 6) is 0.662. The lowest BCUT2D eigenvalue weighted by Gasteiger charge is -2.34. The molecule has 0 radical (unpaired) electrons.